The minimum atomic E-state index is -0.0524. The van der Waals surface area contributed by atoms with E-state index in [1.807, 2.05) is 84.5 Å². The molecule has 2 aromatic carbocycles. The number of carbonyl (C=O) groups excluding carboxylic acids is 2. The molecule has 1 saturated heterocycles. The Balaban J connectivity index is 1.71. The number of nitrogens with zero attached hydrogens (tertiary/aromatic N) is 4. The summed E-state index contributed by atoms with van der Waals surface area (Å²) in [5.74, 6) is 0.952. The van der Waals surface area contributed by atoms with E-state index in [0.717, 1.165) is 33.7 Å². The average Bonchev–Trinajstić information content (AvgIpc) is 3.30. The quantitative estimate of drug-likeness (QED) is 0.607. The van der Waals surface area contributed by atoms with E-state index in [4.69, 9.17) is 4.98 Å². The molecule has 6 nitrogen and oxygen atoms in total. The summed E-state index contributed by atoms with van der Waals surface area (Å²) in [6.07, 6.45) is 0.399. The Labute approximate surface area is 183 Å². The van der Waals surface area contributed by atoms with Gasteiger partial charge >= 0.3 is 0 Å². The first-order valence-corrected chi connectivity index (χ1v) is 11.0. The Kier molecular flexibility index (Phi) is 5.81. The Bertz CT molecular complexity index is 1110. The van der Waals surface area contributed by atoms with E-state index in [0.29, 0.717) is 26.1 Å². The summed E-state index contributed by atoms with van der Waals surface area (Å²) < 4.78 is 2.02. The van der Waals surface area contributed by atoms with Gasteiger partial charge in [-0.3, -0.25) is 9.59 Å². The zero-order chi connectivity index (χ0) is 22.1. The summed E-state index contributed by atoms with van der Waals surface area (Å²) in [5.41, 5.74) is 4.99. The molecule has 162 valence electrons. The maximum Gasteiger partial charge on any atom is 0.242 e. The van der Waals surface area contributed by atoms with Gasteiger partial charge in [-0.15, -0.1) is 0 Å². The Morgan fingerprint density at radius 2 is 1.74 bits per heavy atom. The van der Waals surface area contributed by atoms with Gasteiger partial charge in [0.1, 0.15) is 12.4 Å². The van der Waals surface area contributed by atoms with Gasteiger partial charge < -0.3 is 14.4 Å². The van der Waals surface area contributed by atoms with Gasteiger partial charge in [0, 0.05) is 37.7 Å². The van der Waals surface area contributed by atoms with Gasteiger partial charge in [0.15, 0.2) is 0 Å². The Morgan fingerprint density at radius 3 is 2.42 bits per heavy atom. The van der Waals surface area contributed by atoms with Crippen molar-refractivity contribution in [3.05, 3.63) is 59.4 Å². The Morgan fingerprint density at radius 1 is 1.06 bits per heavy atom. The molecule has 0 saturated carbocycles. The third-order valence-electron chi connectivity index (χ3n) is 6.29. The zero-order valence-electron chi connectivity index (χ0n) is 18.8. The molecule has 0 radical (unpaired) electrons. The van der Waals surface area contributed by atoms with Crippen LogP contribution in [0.15, 0.2) is 42.5 Å². The van der Waals surface area contributed by atoms with Crippen molar-refractivity contribution in [2.24, 2.45) is 0 Å². The first-order valence-electron chi connectivity index (χ1n) is 11.0. The topological polar surface area (TPSA) is 58.4 Å². The van der Waals surface area contributed by atoms with E-state index < -0.39 is 0 Å². The van der Waals surface area contributed by atoms with Gasteiger partial charge in [0.2, 0.25) is 11.8 Å². The highest BCUT2D eigenvalue weighted by Gasteiger charge is 2.36. The summed E-state index contributed by atoms with van der Waals surface area (Å²) in [6.45, 7) is 10.2. The van der Waals surface area contributed by atoms with Crippen molar-refractivity contribution in [2.75, 3.05) is 24.5 Å². The lowest BCUT2D eigenvalue weighted by Gasteiger charge is -2.22. The molecule has 0 bridgehead atoms. The second kappa shape index (κ2) is 8.53. The molecule has 0 aliphatic carbocycles. The first kappa shape index (κ1) is 21.1. The zero-order valence-corrected chi connectivity index (χ0v) is 18.8. The lowest BCUT2D eigenvalue weighted by atomic mass is 10.1. The van der Waals surface area contributed by atoms with Crippen molar-refractivity contribution in [2.45, 2.75) is 46.6 Å². The van der Waals surface area contributed by atoms with Gasteiger partial charge in [-0.25, -0.2) is 4.98 Å². The van der Waals surface area contributed by atoms with Crippen molar-refractivity contribution < 1.29 is 9.59 Å². The molecule has 1 aliphatic rings. The molecule has 2 amide bonds. The number of para-hydroxylation sites is 3. The van der Waals surface area contributed by atoms with Gasteiger partial charge in [-0.05, 0) is 51.0 Å². The van der Waals surface area contributed by atoms with Crippen LogP contribution in [-0.4, -0.2) is 45.9 Å². The molecule has 1 aromatic heterocycles. The van der Waals surface area contributed by atoms with Crippen LogP contribution in [0.3, 0.4) is 0 Å². The maximum atomic E-state index is 13.0. The van der Waals surface area contributed by atoms with E-state index >= 15 is 0 Å². The molecule has 4 rings (SSSR count). The lowest BCUT2D eigenvalue weighted by Crippen LogP contribution is -2.34. The van der Waals surface area contributed by atoms with Crippen LogP contribution in [-0.2, 0) is 16.1 Å². The highest BCUT2D eigenvalue weighted by Crippen LogP contribution is 2.36. The van der Waals surface area contributed by atoms with Crippen molar-refractivity contribution >= 4 is 28.5 Å². The molecule has 1 fully saturated rings. The van der Waals surface area contributed by atoms with E-state index in [1.54, 1.807) is 0 Å². The molecular weight excluding hydrogens is 388 g/mol. The van der Waals surface area contributed by atoms with Crippen LogP contribution in [0, 0.1) is 13.8 Å². The van der Waals surface area contributed by atoms with Gasteiger partial charge in [-0.2, -0.15) is 0 Å². The van der Waals surface area contributed by atoms with Crippen LogP contribution in [0.2, 0.25) is 0 Å². The number of hydrogen-bond acceptors (Lipinski definition) is 3. The second-order valence-electron chi connectivity index (χ2n) is 8.26. The Hall–Kier alpha value is -3.15. The fraction of sp³-hybridized carbons (Fsp3) is 0.400. The van der Waals surface area contributed by atoms with Crippen LogP contribution in [0.1, 0.15) is 43.1 Å². The van der Waals surface area contributed by atoms with Gasteiger partial charge in [-0.1, -0.05) is 30.3 Å². The fourth-order valence-corrected chi connectivity index (χ4v) is 4.71. The molecule has 31 heavy (non-hydrogen) atoms. The molecule has 2 heterocycles. The summed E-state index contributed by atoms with van der Waals surface area (Å²) in [4.78, 5) is 34.6. The molecule has 0 spiro atoms. The van der Waals surface area contributed by atoms with Crippen LogP contribution in [0.25, 0.3) is 11.0 Å². The number of hydrogen-bond donors (Lipinski definition) is 0. The third kappa shape index (κ3) is 3.82. The standard InChI is InChI=1S/C25H30N4O2/c1-5-27(6-2)23(31)16-28-21-13-8-7-12-20(21)26-25(28)19-14-22(30)29(15-19)24-17(3)10-9-11-18(24)4/h7-13,19H,5-6,14-16H2,1-4H3/t19-/m1/s1. The van der Waals surface area contributed by atoms with Gasteiger partial charge in [0.25, 0.3) is 0 Å². The van der Waals surface area contributed by atoms with Crippen molar-refractivity contribution in [3.8, 4) is 0 Å². The highest BCUT2D eigenvalue weighted by atomic mass is 16.2. The number of imidazole rings is 1. The van der Waals surface area contributed by atoms with E-state index in [9.17, 15) is 9.59 Å². The largest absolute Gasteiger partial charge is 0.342 e. The molecule has 0 unspecified atom stereocenters. The van der Waals surface area contributed by atoms with Crippen molar-refractivity contribution in [3.63, 3.8) is 0 Å². The minimum absolute atomic E-state index is 0.0524. The molecule has 6 heteroatoms. The van der Waals surface area contributed by atoms with Gasteiger partial charge in [0.05, 0.1) is 11.0 Å². The SMILES string of the molecule is CCN(CC)C(=O)Cn1c([C@@H]2CC(=O)N(c3c(C)cccc3C)C2)nc2ccccc21. The predicted molar refractivity (Wildman–Crippen MR) is 123 cm³/mol. The predicted octanol–water partition coefficient (Wildman–Crippen LogP) is 4.04. The number of benzene rings is 2. The summed E-state index contributed by atoms with van der Waals surface area (Å²) in [7, 11) is 0. The molecule has 1 aliphatic heterocycles. The number of aryl methyl sites for hydroxylation is 2. The first-order chi connectivity index (χ1) is 14.9. The fourth-order valence-electron chi connectivity index (χ4n) is 4.71. The van der Waals surface area contributed by atoms with Crippen molar-refractivity contribution in [1.29, 1.82) is 0 Å². The minimum Gasteiger partial charge on any atom is -0.342 e. The number of likely N-dealkylation sites (N-methyl/N-ethyl adjacent to an activating group) is 1. The summed E-state index contributed by atoms with van der Waals surface area (Å²) >= 11 is 0. The number of fused-ring (bicyclic) bond motifs is 1. The van der Waals surface area contributed by atoms with E-state index in [2.05, 4.69) is 0 Å². The summed E-state index contributed by atoms with van der Waals surface area (Å²) in [6, 6.07) is 14.0. The maximum absolute atomic E-state index is 13.0. The third-order valence-corrected chi connectivity index (χ3v) is 6.29. The normalized spacial score (nSPS) is 16.3. The lowest BCUT2D eigenvalue weighted by molar-refractivity contribution is -0.131. The summed E-state index contributed by atoms with van der Waals surface area (Å²) in [5, 5.41) is 0. The van der Waals surface area contributed by atoms with Crippen LogP contribution >= 0.6 is 0 Å². The highest BCUT2D eigenvalue weighted by molar-refractivity contribution is 5.98. The number of carbonyl (C=O) groups is 2. The average molecular weight is 419 g/mol. The van der Waals surface area contributed by atoms with E-state index in [-0.39, 0.29) is 24.3 Å². The molecule has 0 N–H and O–H groups in total. The number of rotatable bonds is 6. The smallest absolute Gasteiger partial charge is 0.242 e. The molecule has 3 aromatic rings. The number of aromatic nitrogens is 2. The van der Waals surface area contributed by atoms with Crippen LogP contribution < -0.4 is 4.90 Å². The number of anilines is 1. The monoisotopic (exact) mass is 418 g/mol. The molecular formula is C25H30N4O2. The van der Waals surface area contributed by atoms with Crippen LogP contribution in [0.4, 0.5) is 5.69 Å². The number of amides is 2. The second-order valence-corrected chi connectivity index (χ2v) is 8.26. The van der Waals surface area contributed by atoms with E-state index in [1.165, 1.54) is 0 Å². The van der Waals surface area contributed by atoms with Crippen LogP contribution in [0.5, 0.6) is 0 Å². The molecule has 1 atom stereocenters. The van der Waals surface area contributed by atoms with Crippen molar-refractivity contribution in [1.82, 2.24) is 14.5 Å².